The molecule has 0 radical (unpaired) electrons. The molecule has 0 saturated carbocycles. The van der Waals surface area contributed by atoms with Crippen LogP contribution in [0.15, 0.2) is 54.6 Å². The molecule has 164 valence electrons. The molecule has 2 rings (SSSR count). The van der Waals surface area contributed by atoms with E-state index in [-0.39, 0.29) is 17.6 Å². The maximum atomic E-state index is 12.0. The SMILES string of the molecule is CCOc1ccc(/C=C/C(=O)NC(=S)NNC(=O)COc2ccccc2C(C)C)cc1. The minimum Gasteiger partial charge on any atom is -0.494 e. The highest BCUT2D eigenvalue weighted by atomic mass is 32.1. The maximum Gasteiger partial charge on any atom is 0.276 e. The molecule has 0 atom stereocenters. The molecule has 7 nitrogen and oxygen atoms in total. The predicted molar refractivity (Wildman–Crippen MR) is 125 cm³/mol. The van der Waals surface area contributed by atoms with Crippen LogP contribution < -0.4 is 25.6 Å². The summed E-state index contributed by atoms with van der Waals surface area (Å²) in [6, 6.07) is 14.9. The highest BCUT2D eigenvalue weighted by Gasteiger charge is 2.09. The molecule has 0 spiro atoms. The lowest BCUT2D eigenvalue weighted by Gasteiger charge is -2.14. The van der Waals surface area contributed by atoms with E-state index in [1.165, 1.54) is 6.08 Å². The number of hydrogen-bond acceptors (Lipinski definition) is 5. The van der Waals surface area contributed by atoms with Crippen LogP contribution in [-0.4, -0.2) is 30.1 Å². The first-order chi connectivity index (χ1) is 14.9. The zero-order chi connectivity index (χ0) is 22.6. The van der Waals surface area contributed by atoms with Crippen molar-refractivity contribution in [2.75, 3.05) is 13.2 Å². The lowest BCUT2D eigenvalue weighted by Crippen LogP contribution is -2.49. The Kier molecular flexibility index (Phi) is 9.51. The van der Waals surface area contributed by atoms with E-state index in [4.69, 9.17) is 21.7 Å². The molecular formula is C23H27N3O4S. The van der Waals surface area contributed by atoms with E-state index in [9.17, 15) is 9.59 Å². The molecule has 0 bridgehead atoms. The Morgan fingerprint density at radius 2 is 1.74 bits per heavy atom. The van der Waals surface area contributed by atoms with Gasteiger partial charge >= 0.3 is 0 Å². The number of carbonyl (C=O) groups excluding carboxylic acids is 2. The van der Waals surface area contributed by atoms with Gasteiger partial charge in [-0.3, -0.25) is 25.8 Å². The molecule has 0 aliphatic rings. The van der Waals surface area contributed by atoms with Crippen LogP contribution in [-0.2, 0) is 9.59 Å². The number of benzene rings is 2. The van der Waals surface area contributed by atoms with Crippen LogP contribution in [0, 0.1) is 0 Å². The Morgan fingerprint density at radius 1 is 1.03 bits per heavy atom. The van der Waals surface area contributed by atoms with Gasteiger partial charge in [-0.25, -0.2) is 0 Å². The van der Waals surface area contributed by atoms with Crippen molar-refractivity contribution in [2.45, 2.75) is 26.7 Å². The van der Waals surface area contributed by atoms with Crippen molar-refractivity contribution in [3.05, 3.63) is 65.7 Å². The Bertz CT molecular complexity index is 927. The van der Waals surface area contributed by atoms with E-state index in [2.05, 4.69) is 30.0 Å². The molecule has 0 aromatic heterocycles. The summed E-state index contributed by atoms with van der Waals surface area (Å²) < 4.78 is 11.0. The second-order valence-corrected chi connectivity index (χ2v) is 7.22. The van der Waals surface area contributed by atoms with E-state index in [0.29, 0.717) is 12.4 Å². The molecule has 8 heteroatoms. The number of hydrogen-bond donors (Lipinski definition) is 3. The van der Waals surface area contributed by atoms with Crippen LogP contribution in [0.4, 0.5) is 0 Å². The number of nitrogens with one attached hydrogen (secondary N) is 3. The minimum atomic E-state index is -0.430. The number of ether oxygens (including phenoxy) is 2. The van der Waals surface area contributed by atoms with Crippen molar-refractivity contribution >= 4 is 35.2 Å². The summed E-state index contributed by atoms with van der Waals surface area (Å²) in [5.41, 5.74) is 6.72. The number of amides is 2. The molecule has 0 aliphatic heterocycles. The van der Waals surface area contributed by atoms with Gasteiger partial charge in [0.2, 0.25) is 5.91 Å². The van der Waals surface area contributed by atoms with E-state index in [1.54, 1.807) is 6.08 Å². The Morgan fingerprint density at radius 3 is 2.42 bits per heavy atom. The van der Waals surface area contributed by atoms with Gasteiger partial charge in [-0.1, -0.05) is 44.2 Å². The van der Waals surface area contributed by atoms with Gasteiger partial charge in [0.25, 0.3) is 5.91 Å². The molecule has 0 aliphatic carbocycles. The average molecular weight is 442 g/mol. The topological polar surface area (TPSA) is 88.7 Å². The first-order valence-corrected chi connectivity index (χ1v) is 10.3. The smallest absolute Gasteiger partial charge is 0.276 e. The van der Waals surface area contributed by atoms with Crippen LogP contribution in [0.1, 0.15) is 37.8 Å². The van der Waals surface area contributed by atoms with Gasteiger partial charge in [0.15, 0.2) is 11.7 Å². The highest BCUT2D eigenvalue weighted by Crippen LogP contribution is 2.25. The summed E-state index contributed by atoms with van der Waals surface area (Å²) in [5, 5.41) is 2.42. The van der Waals surface area contributed by atoms with Crippen LogP contribution in [0.25, 0.3) is 6.08 Å². The molecule has 0 heterocycles. The Balaban J connectivity index is 1.73. The third-order valence-electron chi connectivity index (χ3n) is 4.07. The van der Waals surface area contributed by atoms with Crippen molar-refractivity contribution in [1.82, 2.24) is 16.2 Å². The lowest BCUT2D eigenvalue weighted by molar-refractivity contribution is -0.123. The molecule has 2 aromatic rings. The summed E-state index contributed by atoms with van der Waals surface area (Å²) in [4.78, 5) is 23.9. The third-order valence-corrected chi connectivity index (χ3v) is 4.27. The third kappa shape index (κ3) is 8.47. The Hall–Kier alpha value is -3.39. The fourth-order valence-corrected chi connectivity index (χ4v) is 2.74. The van der Waals surface area contributed by atoms with Gasteiger partial charge in [0.1, 0.15) is 11.5 Å². The molecule has 0 fully saturated rings. The normalized spacial score (nSPS) is 10.6. The molecule has 2 aromatic carbocycles. The number of rotatable bonds is 8. The van der Waals surface area contributed by atoms with Gasteiger partial charge in [0.05, 0.1) is 6.61 Å². The fourth-order valence-electron chi connectivity index (χ4n) is 2.59. The van der Waals surface area contributed by atoms with Gasteiger partial charge in [-0.2, -0.15) is 0 Å². The summed E-state index contributed by atoms with van der Waals surface area (Å²) >= 11 is 5.01. The van der Waals surface area contributed by atoms with Crippen molar-refractivity contribution < 1.29 is 19.1 Å². The van der Waals surface area contributed by atoms with Gasteiger partial charge < -0.3 is 9.47 Å². The second-order valence-electron chi connectivity index (χ2n) is 6.81. The average Bonchev–Trinajstić information content (AvgIpc) is 2.76. The zero-order valence-electron chi connectivity index (χ0n) is 17.8. The van der Waals surface area contributed by atoms with Crippen molar-refractivity contribution in [3.8, 4) is 11.5 Å². The summed E-state index contributed by atoms with van der Waals surface area (Å²) in [7, 11) is 0. The second kappa shape index (κ2) is 12.3. The van der Waals surface area contributed by atoms with Crippen LogP contribution in [0.2, 0.25) is 0 Å². The summed E-state index contributed by atoms with van der Waals surface area (Å²) in [5.74, 6) is 0.837. The molecule has 31 heavy (non-hydrogen) atoms. The van der Waals surface area contributed by atoms with Gasteiger partial charge in [-0.15, -0.1) is 0 Å². The number of carbonyl (C=O) groups is 2. The lowest BCUT2D eigenvalue weighted by atomic mass is 10.0. The van der Waals surface area contributed by atoms with Crippen LogP contribution in [0.3, 0.4) is 0 Å². The standard InChI is InChI=1S/C23H27N3O4S/c1-4-29-18-12-9-17(10-13-18)11-14-21(27)24-23(31)26-25-22(28)15-30-20-8-6-5-7-19(20)16(2)3/h5-14,16H,4,15H2,1-3H3,(H,25,28)(H2,24,26,27,31)/b14-11+. The predicted octanol–water partition coefficient (Wildman–Crippen LogP) is 3.32. The monoisotopic (exact) mass is 441 g/mol. The van der Waals surface area contributed by atoms with Gasteiger partial charge in [0, 0.05) is 6.08 Å². The number of para-hydroxylation sites is 1. The first-order valence-electron chi connectivity index (χ1n) is 9.91. The van der Waals surface area contributed by atoms with Crippen LogP contribution >= 0.6 is 12.2 Å². The Labute approximate surface area is 187 Å². The largest absolute Gasteiger partial charge is 0.494 e. The minimum absolute atomic E-state index is 0.0303. The molecule has 0 saturated heterocycles. The number of thiocarbonyl (C=S) groups is 1. The van der Waals surface area contributed by atoms with E-state index in [0.717, 1.165) is 16.9 Å². The summed E-state index contributed by atoms with van der Waals surface area (Å²) in [6.07, 6.45) is 2.99. The van der Waals surface area contributed by atoms with E-state index >= 15 is 0 Å². The van der Waals surface area contributed by atoms with Crippen LogP contribution in [0.5, 0.6) is 11.5 Å². The molecular weight excluding hydrogens is 414 g/mol. The quantitative estimate of drug-likeness (QED) is 0.331. The zero-order valence-corrected chi connectivity index (χ0v) is 18.6. The van der Waals surface area contributed by atoms with E-state index in [1.807, 2.05) is 55.5 Å². The number of hydrazine groups is 1. The molecule has 2 amide bonds. The molecule has 3 N–H and O–H groups in total. The van der Waals surface area contributed by atoms with Crippen molar-refractivity contribution in [2.24, 2.45) is 0 Å². The maximum absolute atomic E-state index is 12.0. The first kappa shape index (κ1) is 23.9. The van der Waals surface area contributed by atoms with Gasteiger partial charge in [-0.05, 0) is 60.5 Å². The van der Waals surface area contributed by atoms with Crippen molar-refractivity contribution in [3.63, 3.8) is 0 Å². The summed E-state index contributed by atoms with van der Waals surface area (Å²) in [6.45, 7) is 6.42. The molecule has 0 unspecified atom stereocenters. The van der Waals surface area contributed by atoms with Crippen molar-refractivity contribution in [1.29, 1.82) is 0 Å². The fraction of sp³-hybridized carbons (Fsp3) is 0.261. The van der Waals surface area contributed by atoms with E-state index < -0.39 is 11.8 Å². The highest BCUT2D eigenvalue weighted by molar-refractivity contribution is 7.80.